The highest BCUT2D eigenvalue weighted by Crippen LogP contribution is 2.33. The Balaban J connectivity index is 2.40. The van der Waals surface area contributed by atoms with Crippen LogP contribution in [0.5, 0.6) is 0 Å². The lowest BCUT2D eigenvalue weighted by Gasteiger charge is -2.23. The van der Waals surface area contributed by atoms with Gasteiger partial charge in [0.15, 0.2) is 0 Å². The third kappa shape index (κ3) is 4.03. The van der Waals surface area contributed by atoms with E-state index in [4.69, 9.17) is 0 Å². The highest BCUT2D eigenvalue weighted by molar-refractivity contribution is 5.37. The summed E-state index contributed by atoms with van der Waals surface area (Å²) in [7, 11) is 0. The van der Waals surface area contributed by atoms with Crippen LogP contribution in [0.1, 0.15) is 100 Å². The van der Waals surface area contributed by atoms with Crippen molar-refractivity contribution in [3.63, 3.8) is 0 Å². The summed E-state index contributed by atoms with van der Waals surface area (Å²) < 4.78 is 0. The van der Waals surface area contributed by atoms with Crippen LogP contribution in [0.15, 0.2) is 30.7 Å². The first-order chi connectivity index (χ1) is 11.3. The zero-order valence-corrected chi connectivity index (χ0v) is 16.3. The zero-order chi connectivity index (χ0) is 17.9. The van der Waals surface area contributed by atoms with Crippen molar-refractivity contribution in [3.8, 4) is 0 Å². The number of nitrogens with zero attached hydrogens (tertiary/aromatic N) is 2. The summed E-state index contributed by atoms with van der Waals surface area (Å²) in [5.41, 5.74) is 6.93. The van der Waals surface area contributed by atoms with E-state index in [9.17, 15) is 0 Å². The summed E-state index contributed by atoms with van der Waals surface area (Å²) in [5, 5.41) is 0. The van der Waals surface area contributed by atoms with Crippen molar-refractivity contribution >= 4 is 0 Å². The van der Waals surface area contributed by atoms with Gasteiger partial charge in [0, 0.05) is 24.3 Å². The van der Waals surface area contributed by atoms with Crippen molar-refractivity contribution in [1.29, 1.82) is 0 Å². The lowest BCUT2D eigenvalue weighted by Crippen LogP contribution is -2.10. The zero-order valence-electron chi connectivity index (χ0n) is 16.3. The molecule has 2 aromatic rings. The molecule has 24 heavy (non-hydrogen) atoms. The maximum atomic E-state index is 4.67. The van der Waals surface area contributed by atoms with E-state index < -0.39 is 0 Å². The number of hydrogen-bond acceptors (Lipinski definition) is 2. The Labute approximate surface area is 147 Å². The van der Waals surface area contributed by atoms with E-state index in [1.54, 1.807) is 0 Å². The first-order valence-corrected chi connectivity index (χ1v) is 9.24. The minimum Gasteiger partial charge on any atom is -0.264 e. The second kappa shape index (κ2) is 7.92. The molecule has 0 aliphatic carbocycles. The Kier molecular flexibility index (Phi) is 6.15. The van der Waals surface area contributed by atoms with E-state index >= 15 is 0 Å². The molecule has 2 aromatic heterocycles. The third-order valence-corrected chi connectivity index (χ3v) is 4.80. The quantitative estimate of drug-likeness (QED) is 0.633. The number of aromatic nitrogens is 2. The molecule has 130 valence electrons. The van der Waals surface area contributed by atoms with Crippen LogP contribution in [0, 0.1) is 0 Å². The Bertz CT molecular complexity index is 671. The molecule has 0 aromatic carbocycles. The predicted molar refractivity (Wildman–Crippen MR) is 103 cm³/mol. The van der Waals surface area contributed by atoms with E-state index in [1.165, 1.54) is 27.9 Å². The van der Waals surface area contributed by atoms with Crippen molar-refractivity contribution in [1.82, 2.24) is 9.97 Å². The normalized spacial score (nSPS) is 13.1. The van der Waals surface area contributed by atoms with E-state index in [-0.39, 0.29) is 0 Å². The molecule has 0 aliphatic heterocycles. The molecule has 0 radical (unpaired) electrons. The molecule has 0 amide bonds. The summed E-state index contributed by atoms with van der Waals surface area (Å²) in [6.07, 6.45) is 6.99. The molecule has 0 saturated carbocycles. The van der Waals surface area contributed by atoms with Gasteiger partial charge in [0.25, 0.3) is 0 Å². The Morgan fingerprint density at radius 3 is 2.08 bits per heavy atom. The molecule has 2 nitrogen and oxygen atoms in total. The largest absolute Gasteiger partial charge is 0.264 e. The molecule has 0 fully saturated rings. The monoisotopic (exact) mass is 324 g/mol. The average Bonchev–Trinajstić information content (AvgIpc) is 2.54. The van der Waals surface area contributed by atoms with Gasteiger partial charge in [0.05, 0.1) is 0 Å². The van der Waals surface area contributed by atoms with Crippen LogP contribution >= 0.6 is 0 Å². The predicted octanol–water partition coefficient (Wildman–Crippen LogP) is 6.19. The van der Waals surface area contributed by atoms with E-state index in [0.29, 0.717) is 23.7 Å². The van der Waals surface area contributed by atoms with Crippen molar-refractivity contribution in [2.45, 2.75) is 78.6 Å². The fourth-order valence-corrected chi connectivity index (χ4v) is 3.63. The van der Waals surface area contributed by atoms with Gasteiger partial charge in [-0.2, -0.15) is 0 Å². The van der Waals surface area contributed by atoms with Crippen LogP contribution in [0.25, 0.3) is 0 Å². The highest BCUT2D eigenvalue weighted by Gasteiger charge is 2.19. The molecular weight excluding hydrogens is 292 g/mol. The van der Waals surface area contributed by atoms with E-state index in [0.717, 1.165) is 6.42 Å². The van der Waals surface area contributed by atoms with Crippen LogP contribution in [-0.2, 0) is 6.42 Å². The minimum absolute atomic E-state index is 0.455. The maximum absolute atomic E-state index is 4.67. The smallest absolute Gasteiger partial charge is 0.0466 e. The first-order valence-electron chi connectivity index (χ1n) is 9.24. The molecule has 1 atom stereocenters. The molecule has 0 saturated heterocycles. The summed E-state index contributed by atoms with van der Waals surface area (Å²) in [5.74, 6) is 1.94. The van der Waals surface area contributed by atoms with Crippen LogP contribution in [0.3, 0.4) is 0 Å². The molecule has 0 spiro atoms. The summed E-state index contributed by atoms with van der Waals surface area (Å²) in [6, 6.07) is 4.38. The van der Waals surface area contributed by atoms with Crippen molar-refractivity contribution in [2.24, 2.45) is 0 Å². The lowest BCUT2D eigenvalue weighted by molar-refractivity contribution is 0.692. The number of pyridine rings is 2. The van der Waals surface area contributed by atoms with Gasteiger partial charge in [-0.05, 0) is 64.5 Å². The van der Waals surface area contributed by atoms with Gasteiger partial charge in [-0.3, -0.25) is 9.97 Å². The standard InChI is InChI=1S/C22H32N2/c1-14(2)19-9-10-23-13-20(19)17(7)12-18-8-11-24-22(16(5)6)21(18)15(3)4/h8-11,13-17H,12H2,1-7H3. The van der Waals surface area contributed by atoms with Gasteiger partial charge in [0.2, 0.25) is 0 Å². The molecule has 2 heterocycles. The van der Waals surface area contributed by atoms with Gasteiger partial charge in [-0.1, -0.05) is 48.5 Å². The van der Waals surface area contributed by atoms with E-state index in [1.807, 2.05) is 12.4 Å². The molecule has 2 rings (SSSR count). The molecule has 0 aliphatic rings. The van der Waals surface area contributed by atoms with Crippen LogP contribution in [-0.4, -0.2) is 9.97 Å². The highest BCUT2D eigenvalue weighted by atomic mass is 14.7. The number of rotatable bonds is 6. The second-order valence-electron chi connectivity index (χ2n) is 7.84. The van der Waals surface area contributed by atoms with Gasteiger partial charge in [-0.15, -0.1) is 0 Å². The van der Waals surface area contributed by atoms with E-state index in [2.05, 4.69) is 76.8 Å². The van der Waals surface area contributed by atoms with Gasteiger partial charge < -0.3 is 0 Å². The summed E-state index contributed by atoms with van der Waals surface area (Å²) >= 11 is 0. The lowest BCUT2D eigenvalue weighted by atomic mass is 9.83. The van der Waals surface area contributed by atoms with Gasteiger partial charge >= 0.3 is 0 Å². The molecule has 1 unspecified atom stereocenters. The summed E-state index contributed by atoms with van der Waals surface area (Å²) in [6.45, 7) is 15.9. The maximum Gasteiger partial charge on any atom is 0.0466 e. The second-order valence-corrected chi connectivity index (χ2v) is 7.84. The number of hydrogen-bond donors (Lipinski definition) is 0. The fraction of sp³-hybridized carbons (Fsp3) is 0.545. The van der Waals surface area contributed by atoms with Crippen molar-refractivity contribution < 1.29 is 0 Å². The topological polar surface area (TPSA) is 25.8 Å². The fourth-order valence-electron chi connectivity index (χ4n) is 3.63. The summed E-state index contributed by atoms with van der Waals surface area (Å²) in [4.78, 5) is 9.05. The Morgan fingerprint density at radius 2 is 1.50 bits per heavy atom. The molecular formula is C22H32N2. The van der Waals surface area contributed by atoms with Gasteiger partial charge in [0.1, 0.15) is 0 Å². The van der Waals surface area contributed by atoms with Crippen molar-refractivity contribution in [3.05, 3.63) is 58.7 Å². The average molecular weight is 325 g/mol. The molecule has 2 heteroatoms. The SMILES string of the molecule is CC(C)c1ccncc1C(C)Cc1ccnc(C(C)C)c1C(C)C. The van der Waals surface area contributed by atoms with Crippen LogP contribution in [0.4, 0.5) is 0 Å². The molecule has 0 N–H and O–H groups in total. The van der Waals surface area contributed by atoms with Crippen molar-refractivity contribution in [2.75, 3.05) is 0 Å². The van der Waals surface area contributed by atoms with Crippen LogP contribution < -0.4 is 0 Å². The Morgan fingerprint density at radius 1 is 0.792 bits per heavy atom. The van der Waals surface area contributed by atoms with Crippen LogP contribution in [0.2, 0.25) is 0 Å². The van der Waals surface area contributed by atoms with Gasteiger partial charge in [-0.25, -0.2) is 0 Å². The minimum atomic E-state index is 0.455. The third-order valence-electron chi connectivity index (χ3n) is 4.80. The first kappa shape index (κ1) is 18.6. The Hall–Kier alpha value is -1.70. The molecule has 0 bridgehead atoms.